The lowest BCUT2D eigenvalue weighted by molar-refractivity contribution is -0.137. The molecule has 0 radical (unpaired) electrons. The number of amides is 2. The Labute approximate surface area is 111 Å². The molecule has 2 heterocycles. The van der Waals surface area contributed by atoms with Crippen LogP contribution < -0.4 is 0 Å². The van der Waals surface area contributed by atoms with E-state index in [9.17, 15) is 9.59 Å². The largest absolute Gasteiger partial charge is 0.481 e. The molecule has 1 fully saturated rings. The van der Waals surface area contributed by atoms with E-state index in [1.54, 1.807) is 29.2 Å². The van der Waals surface area contributed by atoms with Gasteiger partial charge in [0.25, 0.3) is 0 Å². The predicted molar refractivity (Wildman–Crippen MR) is 68.5 cm³/mol. The number of carbonyl (C=O) groups is 2. The average Bonchev–Trinajstić information content (AvgIpc) is 2.66. The summed E-state index contributed by atoms with van der Waals surface area (Å²) in [7, 11) is 1.72. The van der Waals surface area contributed by atoms with E-state index in [0.717, 1.165) is 5.56 Å². The third-order valence-electron chi connectivity index (χ3n) is 3.37. The summed E-state index contributed by atoms with van der Waals surface area (Å²) in [6, 6.07) is 3.67. The molecule has 0 bridgehead atoms. The Hall–Kier alpha value is -2.11. The van der Waals surface area contributed by atoms with Gasteiger partial charge in [-0.15, -0.1) is 0 Å². The second-order valence-corrected chi connectivity index (χ2v) is 4.72. The summed E-state index contributed by atoms with van der Waals surface area (Å²) in [5.74, 6) is -0.826. The molecule has 1 atom stereocenters. The Morgan fingerprint density at radius 1 is 1.47 bits per heavy atom. The van der Waals surface area contributed by atoms with Crippen molar-refractivity contribution >= 4 is 12.0 Å². The lowest BCUT2D eigenvalue weighted by Gasteiger charge is -2.16. The quantitative estimate of drug-likeness (QED) is 0.865. The molecular weight excluding hydrogens is 246 g/mol. The second-order valence-electron chi connectivity index (χ2n) is 4.72. The van der Waals surface area contributed by atoms with Crippen LogP contribution in [0.25, 0.3) is 0 Å². The van der Waals surface area contributed by atoms with Crippen molar-refractivity contribution in [1.82, 2.24) is 14.8 Å². The molecule has 2 amide bonds. The predicted octanol–water partition coefficient (Wildman–Crippen LogP) is 1.18. The molecule has 1 saturated heterocycles. The number of carboxylic acids is 1. The maximum absolute atomic E-state index is 12.1. The van der Waals surface area contributed by atoms with Crippen molar-refractivity contribution < 1.29 is 14.7 Å². The van der Waals surface area contributed by atoms with Crippen LogP contribution in [0.3, 0.4) is 0 Å². The molecule has 102 valence electrons. The summed E-state index contributed by atoms with van der Waals surface area (Å²) in [6.07, 6.45) is 3.97. The number of carbonyl (C=O) groups excluding carboxylic acids is 1. The van der Waals surface area contributed by atoms with E-state index < -0.39 is 5.97 Å². The molecule has 1 aromatic heterocycles. The number of rotatable bonds is 5. The Morgan fingerprint density at radius 3 is 2.79 bits per heavy atom. The third kappa shape index (κ3) is 3.21. The van der Waals surface area contributed by atoms with Crippen LogP contribution in [0, 0.1) is 0 Å². The van der Waals surface area contributed by atoms with Gasteiger partial charge in [0.15, 0.2) is 0 Å². The molecule has 6 heteroatoms. The number of aromatic nitrogens is 1. The molecule has 1 N–H and O–H groups in total. The van der Waals surface area contributed by atoms with Crippen molar-refractivity contribution in [2.75, 3.05) is 13.6 Å². The molecule has 0 saturated carbocycles. The van der Waals surface area contributed by atoms with Gasteiger partial charge in [0.1, 0.15) is 0 Å². The van der Waals surface area contributed by atoms with Crippen LogP contribution in [-0.4, -0.2) is 51.5 Å². The molecule has 1 aliphatic heterocycles. The van der Waals surface area contributed by atoms with Crippen LogP contribution in [0.15, 0.2) is 24.5 Å². The number of hydrogen-bond donors (Lipinski definition) is 1. The fourth-order valence-electron chi connectivity index (χ4n) is 2.25. The van der Waals surface area contributed by atoms with Gasteiger partial charge in [0.05, 0.1) is 6.04 Å². The fraction of sp³-hybridized carbons (Fsp3) is 0.462. The van der Waals surface area contributed by atoms with Gasteiger partial charge >= 0.3 is 12.0 Å². The van der Waals surface area contributed by atoms with Gasteiger partial charge in [-0.25, -0.2) is 4.79 Å². The molecule has 6 nitrogen and oxygen atoms in total. The van der Waals surface area contributed by atoms with Crippen molar-refractivity contribution in [3.63, 3.8) is 0 Å². The van der Waals surface area contributed by atoms with E-state index in [4.69, 9.17) is 5.11 Å². The number of carboxylic acid groups (broad SMARTS) is 1. The van der Waals surface area contributed by atoms with Gasteiger partial charge in [0, 0.05) is 39.0 Å². The SMILES string of the molecule is CN1C(=O)N(Cc2ccncc2)CC1CCC(=O)O. The zero-order valence-electron chi connectivity index (χ0n) is 10.8. The average molecular weight is 263 g/mol. The van der Waals surface area contributed by atoms with E-state index in [0.29, 0.717) is 19.5 Å². The van der Waals surface area contributed by atoms with E-state index in [1.807, 2.05) is 12.1 Å². The van der Waals surface area contributed by atoms with Crippen molar-refractivity contribution in [3.05, 3.63) is 30.1 Å². The van der Waals surface area contributed by atoms with Crippen LogP contribution in [0.5, 0.6) is 0 Å². The highest BCUT2D eigenvalue weighted by Crippen LogP contribution is 2.20. The van der Waals surface area contributed by atoms with Crippen LogP contribution in [0.2, 0.25) is 0 Å². The minimum absolute atomic E-state index is 0.0227. The Kier molecular flexibility index (Phi) is 3.99. The first-order valence-corrected chi connectivity index (χ1v) is 6.20. The molecule has 19 heavy (non-hydrogen) atoms. The third-order valence-corrected chi connectivity index (χ3v) is 3.37. The summed E-state index contributed by atoms with van der Waals surface area (Å²) < 4.78 is 0. The lowest BCUT2D eigenvalue weighted by atomic mass is 10.1. The van der Waals surface area contributed by atoms with E-state index >= 15 is 0 Å². The number of likely N-dealkylation sites (N-methyl/N-ethyl adjacent to an activating group) is 1. The van der Waals surface area contributed by atoms with E-state index in [1.165, 1.54) is 0 Å². The first-order chi connectivity index (χ1) is 9.08. The zero-order chi connectivity index (χ0) is 13.8. The van der Waals surface area contributed by atoms with Gasteiger partial charge in [-0.2, -0.15) is 0 Å². The van der Waals surface area contributed by atoms with E-state index in [2.05, 4.69) is 4.98 Å². The first kappa shape index (κ1) is 13.3. The summed E-state index contributed by atoms with van der Waals surface area (Å²) in [6.45, 7) is 1.11. The fourth-order valence-corrected chi connectivity index (χ4v) is 2.25. The highest BCUT2D eigenvalue weighted by Gasteiger charge is 2.34. The molecule has 0 spiro atoms. The number of hydrogen-bond acceptors (Lipinski definition) is 3. The number of aliphatic carboxylic acids is 1. The molecule has 1 aromatic rings. The maximum atomic E-state index is 12.1. The molecule has 1 aliphatic rings. The summed E-state index contributed by atoms with van der Waals surface area (Å²) in [5, 5.41) is 8.70. The first-order valence-electron chi connectivity index (χ1n) is 6.20. The zero-order valence-corrected chi connectivity index (χ0v) is 10.8. The van der Waals surface area contributed by atoms with Gasteiger partial charge in [0.2, 0.25) is 0 Å². The molecule has 1 unspecified atom stereocenters. The Balaban J connectivity index is 1.96. The van der Waals surface area contributed by atoms with Crippen molar-refractivity contribution in [2.45, 2.75) is 25.4 Å². The number of nitrogens with zero attached hydrogens (tertiary/aromatic N) is 3. The molecule has 0 aromatic carbocycles. The van der Waals surface area contributed by atoms with Crippen LogP contribution in [0.1, 0.15) is 18.4 Å². The highest BCUT2D eigenvalue weighted by molar-refractivity contribution is 5.77. The highest BCUT2D eigenvalue weighted by atomic mass is 16.4. The minimum atomic E-state index is -0.826. The molecular formula is C13H17N3O3. The topological polar surface area (TPSA) is 73.7 Å². The monoisotopic (exact) mass is 263 g/mol. The van der Waals surface area contributed by atoms with Crippen molar-refractivity contribution in [2.24, 2.45) is 0 Å². The summed E-state index contributed by atoms with van der Waals surface area (Å²) in [4.78, 5) is 30.0. The Morgan fingerprint density at radius 2 is 2.16 bits per heavy atom. The summed E-state index contributed by atoms with van der Waals surface area (Å²) in [5.41, 5.74) is 1.02. The summed E-state index contributed by atoms with van der Waals surface area (Å²) >= 11 is 0. The van der Waals surface area contributed by atoms with Gasteiger partial charge < -0.3 is 14.9 Å². The smallest absolute Gasteiger partial charge is 0.320 e. The van der Waals surface area contributed by atoms with Gasteiger partial charge in [-0.1, -0.05) is 0 Å². The lowest BCUT2D eigenvalue weighted by Crippen LogP contribution is -2.31. The maximum Gasteiger partial charge on any atom is 0.320 e. The van der Waals surface area contributed by atoms with Crippen molar-refractivity contribution in [3.8, 4) is 0 Å². The minimum Gasteiger partial charge on any atom is -0.481 e. The number of pyridine rings is 1. The second kappa shape index (κ2) is 5.69. The van der Waals surface area contributed by atoms with Crippen LogP contribution in [-0.2, 0) is 11.3 Å². The van der Waals surface area contributed by atoms with Gasteiger partial charge in [-0.3, -0.25) is 9.78 Å². The van der Waals surface area contributed by atoms with Crippen molar-refractivity contribution in [1.29, 1.82) is 0 Å². The Bertz CT molecular complexity index is 463. The molecule has 0 aliphatic carbocycles. The normalized spacial score (nSPS) is 19.0. The van der Waals surface area contributed by atoms with E-state index in [-0.39, 0.29) is 18.5 Å². The molecule has 2 rings (SSSR count). The van der Waals surface area contributed by atoms with Crippen LogP contribution >= 0.6 is 0 Å². The standard InChI is InChI=1S/C13H17N3O3/c1-15-11(2-3-12(17)18)9-16(13(15)19)8-10-4-6-14-7-5-10/h4-7,11H,2-3,8-9H2,1H3,(H,17,18). The number of urea groups is 1. The van der Waals surface area contributed by atoms with Crippen LogP contribution in [0.4, 0.5) is 4.79 Å². The van der Waals surface area contributed by atoms with Gasteiger partial charge in [-0.05, 0) is 24.1 Å².